The van der Waals surface area contributed by atoms with Crippen molar-refractivity contribution in [2.24, 2.45) is 5.84 Å². The number of nitro groups is 1. The Bertz CT molecular complexity index is 854. The fourth-order valence-electron chi connectivity index (χ4n) is 1.76. The molecule has 0 aromatic heterocycles. The highest BCUT2D eigenvalue weighted by atomic mass is 35.5. The Labute approximate surface area is 192 Å². The van der Waals surface area contributed by atoms with Crippen molar-refractivity contribution in [2.45, 2.75) is 40.2 Å². The number of hydrogen-bond acceptors (Lipinski definition) is 6. The third-order valence-corrected chi connectivity index (χ3v) is 3.95. The van der Waals surface area contributed by atoms with Crippen molar-refractivity contribution >= 4 is 51.8 Å². The van der Waals surface area contributed by atoms with Gasteiger partial charge in [0.25, 0.3) is 16.2 Å². The molecule has 2 rings (SSSR count). The number of nitro benzene ring substituents is 1. The van der Waals surface area contributed by atoms with Crippen LogP contribution in [0.3, 0.4) is 0 Å². The smallest absolute Gasteiger partial charge is 0.276 e. The van der Waals surface area contributed by atoms with Crippen molar-refractivity contribution in [3.05, 3.63) is 74.8 Å². The van der Waals surface area contributed by atoms with Crippen LogP contribution in [-0.2, 0) is 0 Å². The molecule has 0 fully saturated rings. The van der Waals surface area contributed by atoms with Gasteiger partial charge in [0.1, 0.15) is 5.56 Å². The summed E-state index contributed by atoms with van der Waals surface area (Å²) in [7, 11) is 0. The molecule has 0 atom stereocenters. The van der Waals surface area contributed by atoms with Crippen LogP contribution < -0.4 is 11.3 Å². The fraction of sp³-hybridized carbons (Fsp3) is 0.300. The van der Waals surface area contributed by atoms with E-state index in [9.17, 15) is 19.7 Å². The zero-order valence-electron chi connectivity index (χ0n) is 17.4. The van der Waals surface area contributed by atoms with E-state index in [0.29, 0.717) is 11.1 Å². The van der Waals surface area contributed by atoms with Crippen molar-refractivity contribution in [1.29, 1.82) is 0 Å². The Hall–Kier alpha value is -2.03. The third-order valence-electron chi connectivity index (χ3n) is 3.53. The van der Waals surface area contributed by atoms with Crippen LogP contribution in [-0.4, -0.2) is 20.9 Å². The molecular weight excluding hydrogens is 453 g/mol. The normalized spacial score (nSPS) is 9.73. The molecule has 2 aromatic rings. The van der Waals surface area contributed by atoms with E-state index >= 15 is 0 Å². The summed E-state index contributed by atoms with van der Waals surface area (Å²) in [5, 5.41) is 9.48. The van der Waals surface area contributed by atoms with Crippen LogP contribution in [0, 0.1) is 24.0 Å². The van der Waals surface area contributed by atoms with Crippen LogP contribution in [0.1, 0.15) is 52.6 Å². The number of nitrogens with two attached hydrogens (primary N) is 1. The Balaban J connectivity index is 0. The van der Waals surface area contributed by atoms with Crippen LogP contribution in [0.4, 0.5) is 5.69 Å². The predicted molar refractivity (Wildman–Crippen MR) is 124 cm³/mol. The maximum Gasteiger partial charge on any atom is 0.284 e. The minimum Gasteiger partial charge on any atom is -0.276 e. The lowest BCUT2D eigenvalue weighted by Gasteiger charge is -2.14. The monoisotopic (exact) mass is 477 g/mol. The second kappa shape index (κ2) is 14.1. The van der Waals surface area contributed by atoms with Crippen LogP contribution in [0.25, 0.3) is 0 Å². The molecule has 2 aromatic carbocycles. The maximum atomic E-state index is 10.9. The molecule has 0 aliphatic carbocycles. The topological polar surface area (TPSA) is 115 Å². The van der Waals surface area contributed by atoms with Gasteiger partial charge in [0.05, 0.1) is 4.92 Å². The first-order valence-electron chi connectivity index (χ1n) is 8.49. The van der Waals surface area contributed by atoms with Gasteiger partial charge >= 0.3 is 0 Å². The number of aryl methyl sites for hydroxylation is 1. The van der Waals surface area contributed by atoms with Crippen molar-refractivity contribution in [2.75, 3.05) is 0 Å². The number of benzene rings is 2. The van der Waals surface area contributed by atoms with Gasteiger partial charge in [-0.2, -0.15) is 0 Å². The number of nitrogens with zero attached hydrogens (tertiary/aromatic N) is 1. The van der Waals surface area contributed by atoms with E-state index in [4.69, 9.17) is 29.0 Å². The zero-order valence-corrected chi connectivity index (χ0v) is 19.7. The maximum absolute atomic E-state index is 10.9. The van der Waals surface area contributed by atoms with Gasteiger partial charge in [0.15, 0.2) is 0 Å². The lowest BCUT2D eigenvalue weighted by atomic mass is 10.0. The number of hydrogen-bond donors (Lipinski definition) is 2. The molecule has 0 aliphatic rings. The van der Waals surface area contributed by atoms with Crippen molar-refractivity contribution in [1.82, 2.24) is 5.43 Å². The number of carbonyl (C=O) groups excluding carboxylic acids is 2. The molecule has 0 unspecified atom stereocenters. The predicted octanol–water partition coefficient (Wildman–Crippen LogP) is 5.33. The summed E-state index contributed by atoms with van der Waals surface area (Å²) in [6.07, 6.45) is 0. The Morgan fingerprint density at radius 2 is 1.47 bits per heavy atom. The number of nitrogens with one attached hydrogen (secondary N) is 1. The van der Waals surface area contributed by atoms with Crippen LogP contribution in [0.2, 0.25) is 0 Å². The average Bonchev–Trinajstić information content (AvgIpc) is 2.64. The summed E-state index contributed by atoms with van der Waals surface area (Å²) in [4.78, 5) is 31.4. The minimum atomic E-state index is -0.806. The number of carbonyl (C=O) groups is 2. The molecule has 0 spiro atoms. The van der Waals surface area contributed by atoms with Crippen LogP contribution in [0.15, 0.2) is 42.5 Å². The molecule has 3 N–H and O–H groups in total. The minimum absolute atomic E-state index is 0. The van der Waals surface area contributed by atoms with Gasteiger partial charge in [-0.05, 0) is 69.5 Å². The molecule has 0 amide bonds. The van der Waals surface area contributed by atoms with E-state index in [1.54, 1.807) is 44.2 Å². The van der Waals surface area contributed by atoms with Crippen LogP contribution in [0.5, 0.6) is 0 Å². The van der Waals surface area contributed by atoms with Gasteiger partial charge in [-0.15, -0.1) is 12.4 Å². The van der Waals surface area contributed by atoms with Gasteiger partial charge in [0, 0.05) is 16.7 Å². The van der Waals surface area contributed by atoms with Crippen molar-refractivity contribution < 1.29 is 14.5 Å². The second-order valence-electron chi connectivity index (χ2n) is 6.97. The van der Waals surface area contributed by atoms with Crippen molar-refractivity contribution in [3.8, 4) is 0 Å². The van der Waals surface area contributed by atoms with E-state index in [1.807, 2.05) is 26.8 Å². The zero-order chi connectivity index (χ0) is 22.8. The Morgan fingerprint density at radius 1 is 1.00 bits per heavy atom. The molecule has 0 heterocycles. The average molecular weight is 479 g/mol. The molecule has 0 saturated heterocycles. The Morgan fingerprint density at radius 3 is 1.77 bits per heavy atom. The largest absolute Gasteiger partial charge is 0.284 e. The lowest BCUT2D eigenvalue weighted by molar-refractivity contribution is -0.385. The fourth-order valence-corrected chi connectivity index (χ4v) is 2.04. The highest BCUT2D eigenvalue weighted by Gasteiger charge is 2.22. The summed E-state index contributed by atoms with van der Waals surface area (Å²) >= 11 is 10.4. The highest BCUT2D eigenvalue weighted by Crippen LogP contribution is 2.27. The van der Waals surface area contributed by atoms with E-state index < -0.39 is 15.4 Å². The van der Waals surface area contributed by atoms with E-state index in [2.05, 4.69) is 5.43 Å². The van der Waals surface area contributed by atoms with Crippen molar-refractivity contribution in [3.63, 3.8) is 0 Å². The molecule has 0 radical (unpaired) electrons. The summed E-state index contributed by atoms with van der Waals surface area (Å²) in [6.45, 7) is 9.36. The summed E-state index contributed by atoms with van der Waals surface area (Å²) < 4.78 is 0. The van der Waals surface area contributed by atoms with E-state index in [1.165, 1.54) is 6.07 Å². The molecule has 7 nitrogen and oxygen atoms in total. The highest BCUT2D eigenvalue weighted by molar-refractivity contribution is 6.68. The molecule has 30 heavy (non-hydrogen) atoms. The molecular formula is C20H26Cl3N3O4. The molecule has 10 heteroatoms. The van der Waals surface area contributed by atoms with Gasteiger partial charge in [-0.3, -0.25) is 31.0 Å². The SMILES string of the molecule is CC(C)(C)NN.Cc1ccc(C(=O)Cl)c([N+](=O)[O-])c1C.Cl.O=C(Cl)c1ccccc1. The quantitative estimate of drug-likeness (QED) is 0.267. The van der Waals surface area contributed by atoms with Gasteiger partial charge in [-0.1, -0.05) is 36.4 Å². The summed E-state index contributed by atoms with van der Waals surface area (Å²) in [5.74, 6) is 5.06. The van der Waals surface area contributed by atoms with E-state index in [0.717, 1.165) is 5.56 Å². The van der Waals surface area contributed by atoms with Gasteiger partial charge in [-0.25, -0.2) is 0 Å². The van der Waals surface area contributed by atoms with E-state index in [-0.39, 0.29) is 29.2 Å². The number of hydrazine groups is 1. The van der Waals surface area contributed by atoms with Gasteiger partial charge in [0.2, 0.25) is 0 Å². The van der Waals surface area contributed by atoms with Gasteiger partial charge < -0.3 is 0 Å². The molecule has 0 aliphatic heterocycles. The first-order chi connectivity index (χ1) is 13.3. The standard InChI is InChI=1S/C9H8ClNO3.C7H5ClO.C4H12N2.ClH/c1-5-3-4-7(9(10)12)8(6(5)2)11(13)14;8-7(9)6-4-2-1-3-5-6;1-4(2,3)6-5;/h3-4H,1-2H3;1-5H;6H,5H2,1-3H3;1H. The number of rotatable bonds is 3. The molecule has 0 saturated carbocycles. The summed E-state index contributed by atoms with van der Waals surface area (Å²) in [6, 6.07) is 11.7. The second-order valence-corrected chi connectivity index (χ2v) is 7.66. The Kier molecular flexibility index (Phi) is 14.1. The van der Waals surface area contributed by atoms with Crippen LogP contribution >= 0.6 is 35.6 Å². The molecule has 166 valence electrons. The first-order valence-corrected chi connectivity index (χ1v) is 9.24. The lowest BCUT2D eigenvalue weighted by Crippen LogP contribution is -2.41. The third kappa shape index (κ3) is 11.2. The number of halogens is 3. The first kappa shape index (κ1) is 30.2. The molecule has 0 bridgehead atoms. The summed E-state index contributed by atoms with van der Waals surface area (Å²) in [5.41, 5.74) is 4.19.